The van der Waals surface area contributed by atoms with Gasteiger partial charge < -0.3 is 19.7 Å². The molecule has 38 heavy (non-hydrogen) atoms. The van der Waals surface area contributed by atoms with E-state index in [-0.39, 0.29) is 0 Å². The number of aliphatic hydroxyl groups is 1. The second-order valence-corrected chi connectivity index (χ2v) is 9.52. The minimum Gasteiger partial charge on any atom is -0.497 e. The van der Waals surface area contributed by atoms with Crippen molar-refractivity contribution in [2.24, 2.45) is 0 Å². The summed E-state index contributed by atoms with van der Waals surface area (Å²) in [6.07, 6.45) is -0.623. The summed E-state index contributed by atoms with van der Waals surface area (Å²) >= 11 is 0. The Morgan fingerprint density at radius 2 is 1.45 bits per heavy atom. The second kappa shape index (κ2) is 10.4. The topological polar surface area (TPSA) is 46.4 Å². The van der Waals surface area contributed by atoms with Gasteiger partial charge in [0.15, 0.2) is 0 Å². The highest BCUT2D eigenvalue weighted by Gasteiger charge is 2.23. The predicted molar refractivity (Wildman–Crippen MR) is 158 cm³/mol. The number of methoxy groups -OCH3 is 1. The molecule has 0 spiro atoms. The molecule has 4 nitrogen and oxygen atoms in total. The molecule has 0 aliphatic carbocycles. The van der Waals surface area contributed by atoms with E-state index in [0.29, 0.717) is 13.1 Å². The van der Waals surface area contributed by atoms with Gasteiger partial charge in [-0.25, -0.2) is 0 Å². The monoisotopic (exact) mass is 498 g/mol. The Balaban J connectivity index is 1.51. The molecule has 0 saturated heterocycles. The van der Waals surface area contributed by atoms with Crippen molar-refractivity contribution in [1.82, 2.24) is 4.57 Å². The average Bonchev–Trinajstić information content (AvgIpc) is 3.31. The molecular weight excluding hydrogens is 468 g/mol. The molecule has 1 heterocycles. The summed E-state index contributed by atoms with van der Waals surface area (Å²) in [6, 6.07) is 41.7. The van der Waals surface area contributed by atoms with Gasteiger partial charge in [0, 0.05) is 34.6 Å². The summed E-state index contributed by atoms with van der Waals surface area (Å²) in [5, 5.41) is 18.3. The number of hydrogen-bond donors (Lipinski definition) is 2. The van der Waals surface area contributed by atoms with E-state index in [0.717, 1.165) is 33.8 Å². The highest BCUT2D eigenvalue weighted by molar-refractivity contribution is 6.15. The molecule has 0 radical (unpaired) electrons. The zero-order valence-electron chi connectivity index (χ0n) is 21.3. The maximum absolute atomic E-state index is 11.4. The lowest BCUT2D eigenvalue weighted by atomic mass is 9.97. The number of benzene rings is 5. The summed E-state index contributed by atoms with van der Waals surface area (Å²) < 4.78 is 7.66. The van der Waals surface area contributed by atoms with Gasteiger partial charge in [0.25, 0.3) is 0 Å². The van der Waals surface area contributed by atoms with Crippen LogP contribution in [0.15, 0.2) is 121 Å². The molecular formula is C34H30N2O2. The van der Waals surface area contributed by atoms with Crippen molar-refractivity contribution in [1.29, 1.82) is 0 Å². The lowest BCUT2D eigenvalue weighted by Gasteiger charge is -2.19. The number of fused-ring (bicyclic) bond motifs is 3. The van der Waals surface area contributed by atoms with Crippen LogP contribution < -0.4 is 10.1 Å². The lowest BCUT2D eigenvalue weighted by molar-refractivity contribution is 0.169. The van der Waals surface area contributed by atoms with E-state index in [1.54, 1.807) is 7.11 Å². The average molecular weight is 499 g/mol. The zero-order chi connectivity index (χ0) is 25.9. The number of aliphatic hydroxyl groups excluding tert-OH is 1. The van der Waals surface area contributed by atoms with Crippen molar-refractivity contribution in [2.75, 3.05) is 19.0 Å². The lowest BCUT2D eigenvalue weighted by Crippen LogP contribution is -2.25. The first kappa shape index (κ1) is 23.8. The minimum atomic E-state index is -0.623. The Morgan fingerprint density at radius 3 is 2.21 bits per heavy atom. The Morgan fingerprint density at radius 1 is 0.737 bits per heavy atom. The molecule has 2 N–H and O–H groups in total. The number of nitrogens with zero attached hydrogens (tertiary/aromatic N) is 1. The van der Waals surface area contributed by atoms with Crippen LogP contribution >= 0.6 is 0 Å². The molecule has 1 atom stereocenters. The van der Waals surface area contributed by atoms with Crippen LogP contribution in [0.25, 0.3) is 44.1 Å². The molecule has 0 saturated carbocycles. The summed E-state index contributed by atoms with van der Waals surface area (Å²) in [7, 11) is 1.66. The van der Waals surface area contributed by atoms with Crippen LogP contribution in [0.4, 0.5) is 5.69 Å². The van der Waals surface area contributed by atoms with E-state index in [9.17, 15) is 5.11 Å². The van der Waals surface area contributed by atoms with Gasteiger partial charge in [-0.3, -0.25) is 0 Å². The van der Waals surface area contributed by atoms with Crippen LogP contribution in [-0.2, 0) is 6.54 Å². The van der Waals surface area contributed by atoms with E-state index in [4.69, 9.17) is 4.74 Å². The molecule has 188 valence electrons. The van der Waals surface area contributed by atoms with Gasteiger partial charge in [0.1, 0.15) is 5.75 Å². The molecule has 6 rings (SSSR count). The molecule has 0 fully saturated rings. The molecule has 0 bridgehead atoms. The fourth-order valence-electron chi connectivity index (χ4n) is 5.34. The second-order valence-electron chi connectivity index (χ2n) is 9.52. The smallest absolute Gasteiger partial charge is 0.120 e. The van der Waals surface area contributed by atoms with Crippen molar-refractivity contribution >= 4 is 27.4 Å². The van der Waals surface area contributed by atoms with E-state index in [2.05, 4.69) is 94.8 Å². The van der Waals surface area contributed by atoms with Crippen molar-refractivity contribution < 1.29 is 9.84 Å². The fourth-order valence-corrected chi connectivity index (χ4v) is 5.34. The maximum Gasteiger partial charge on any atom is 0.120 e. The van der Waals surface area contributed by atoms with Crippen LogP contribution in [0.5, 0.6) is 5.75 Å². The molecule has 6 aromatic rings. The van der Waals surface area contributed by atoms with Gasteiger partial charge >= 0.3 is 0 Å². The standard InChI is InChI=1S/C34H30N2O2/c1-38-29-17-10-16-27(21-29)35-22-28(37)23-36-33(26-14-6-3-7-15-26)32(25-12-4-2-5-13-25)31-20-19-24-11-8-9-18-30(24)34(31)36/h2-21,28,35,37H,22-23H2,1H3. The van der Waals surface area contributed by atoms with Gasteiger partial charge in [0.05, 0.1) is 31.0 Å². The van der Waals surface area contributed by atoms with Gasteiger partial charge in [-0.15, -0.1) is 0 Å². The Kier molecular flexibility index (Phi) is 6.55. The van der Waals surface area contributed by atoms with Crippen molar-refractivity contribution in [3.63, 3.8) is 0 Å². The van der Waals surface area contributed by atoms with Crippen LogP contribution in [-0.4, -0.2) is 29.4 Å². The molecule has 1 aromatic heterocycles. The summed E-state index contributed by atoms with van der Waals surface area (Å²) in [4.78, 5) is 0. The summed E-state index contributed by atoms with van der Waals surface area (Å²) in [5.41, 5.74) is 6.64. The Hall–Kier alpha value is -4.54. The maximum atomic E-state index is 11.4. The molecule has 0 aliphatic rings. The van der Waals surface area contributed by atoms with Crippen LogP contribution in [0.1, 0.15) is 0 Å². The van der Waals surface area contributed by atoms with Gasteiger partial charge in [-0.2, -0.15) is 0 Å². The third-order valence-corrected chi connectivity index (χ3v) is 7.06. The van der Waals surface area contributed by atoms with Gasteiger partial charge in [-0.05, 0) is 28.6 Å². The van der Waals surface area contributed by atoms with Crippen LogP contribution in [0, 0.1) is 0 Å². The van der Waals surface area contributed by atoms with E-state index in [1.165, 1.54) is 21.7 Å². The first-order valence-corrected chi connectivity index (χ1v) is 12.9. The first-order chi connectivity index (χ1) is 18.7. The number of aromatic nitrogens is 1. The molecule has 0 aliphatic heterocycles. The summed E-state index contributed by atoms with van der Waals surface area (Å²) in [5.74, 6) is 0.784. The number of ether oxygens (including phenoxy) is 1. The SMILES string of the molecule is COc1cccc(NCC(O)Cn2c(-c3ccccc3)c(-c3ccccc3)c3ccc4ccccc4c32)c1. The number of nitrogens with one attached hydrogen (secondary N) is 1. The van der Waals surface area contributed by atoms with Gasteiger partial charge in [-0.1, -0.05) is 103 Å². The van der Waals surface area contributed by atoms with Crippen LogP contribution in [0.2, 0.25) is 0 Å². The quantitative estimate of drug-likeness (QED) is 0.227. The van der Waals surface area contributed by atoms with Crippen LogP contribution in [0.3, 0.4) is 0 Å². The van der Waals surface area contributed by atoms with E-state index in [1.807, 2.05) is 36.4 Å². The third-order valence-electron chi connectivity index (χ3n) is 7.06. The van der Waals surface area contributed by atoms with Crippen molar-refractivity contribution in [3.8, 4) is 28.1 Å². The number of hydrogen-bond acceptors (Lipinski definition) is 3. The van der Waals surface area contributed by atoms with E-state index < -0.39 is 6.10 Å². The minimum absolute atomic E-state index is 0.409. The molecule has 0 amide bonds. The Bertz CT molecular complexity index is 1690. The largest absolute Gasteiger partial charge is 0.497 e. The number of rotatable bonds is 8. The highest BCUT2D eigenvalue weighted by atomic mass is 16.5. The van der Waals surface area contributed by atoms with Gasteiger partial charge in [0.2, 0.25) is 0 Å². The predicted octanol–water partition coefficient (Wildman–Crippen LogP) is 7.61. The summed E-state index contributed by atoms with van der Waals surface area (Å²) in [6.45, 7) is 0.852. The molecule has 5 aromatic carbocycles. The highest BCUT2D eigenvalue weighted by Crippen LogP contribution is 2.43. The fraction of sp³-hybridized carbons (Fsp3) is 0.118. The van der Waals surface area contributed by atoms with Crippen molar-refractivity contribution in [3.05, 3.63) is 121 Å². The zero-order valence-corrected chi connectivity index (χ0v) is 21.3. The first-order valence-electron chi connectivity index (χ1n) is 12.9. The molecule has 4 heteroatoms. The van der Waals surface area contributed by atoms with E-state index >= 15 is 0 Å². The molecule has 1 unspecified atom stereocenters. The third kappa shape index (κ3) is 4.51. The Labute approximate surface area is 222 Å². The number of anilines is 1. The van der Waals surface area contributed by atoms with Crippen molar-refractivity contribution in [2.45, 2.75) is 12.6 Å². The normalized spacial score (nSPS) is 12.1.